The molecule has 1 aliphatic heterocycles. The predicted molar refractivity (Wildman–Crippen MR) is 127 cm³/mol. The first-order valence-electron chi connectivity index (χ1n) is 11.0. The molecule has 170 valence electrons. The summed E-state index contributed by atoms with van der Waals surface area (Å²) in [6, 6.07) is 12.0. The molecule has 32 heavy (non-hydrogen) atoms. The molecule has 4 rings (SSSR count). The van der Waals surface area contributed by atoms with Gasteiger partial charge in [-0.1, -0.05) is 18.2 Å². The van der Waals surface area contributed by atoms with Crippen molar-refractivity contribution in [2.24, 2.45) is 5.92 Å². The average molecular weight is 438 g/mol. The fourth-order valence-corrected chi connectivity index (χ4v) is 4.11. The van der Waals surface area contributed by atoms with Gasteiger partial charge in [-0.25, -0.2) is 9.78 Å². The second kappa shape index (κ2) is 8.73. The number of aromatic nitrogens is 1. The molecule has 7 heteroatoms. The molecule has 1 atom stereocenters. The number of ether oxygens (including phenoxy) is 3. The van der Waals surface area contributed by atoms with Gasteiger partial charge in [0.15, 0.2) is 11.5 Å². The van der Waals surface area contributed by atoms with Crippen molar-refractivity contribution in [2.75, 3.05) is 39.2 Å². The van der Waals surface area contributed by atoms with E-state index in [2.05, 4.69) is 11.4 Å². The number of hydrogen-bond donors (Lipinski definition) is 1. The van der Waals surface area contributed by atoms with Crippen molar-refractivity contribution in [3.8, 4) is 11.5 Å². The maximum Gasteiger partial charge on any atom is 0.410 e. The van der Waals surface area contributed by atoms with Crippen molar-refractivity contribution in [2.45, 2.75) is 32.8 Å². The molecule has 2 heterocycles. The summed E-state index contributed by atoms with van der Waals surface area (Å²) in [7, 11) is 3.55. The average Bonchev–Trinajstić information content (AvgIpc) is 3.23. The van der Waals surface area contributed by atoms with Crippen LogP contribution in [0.1, 0.15) is 27.2 Å². The summed E-state index contributed by atoms with van der Waals surface area (Å²) in [6.45, 7) is 7.43. The zero-order chi connectivity index (χ0) is 22.9. The summed E-state index contributed by atoms with van der Waals surface area (Å²) in [5.74, 6) is 1.55. The van der Waals surface area contributed by atoms with E-state index in [1.54, 1.807) is 12.0 Å². The van der Waals surface area contributed by atoms with Gasteiger partial charge in [0, 0.05) is 42.9 Å². The number of nitrogens with one attached hydrogen (secondary N) is 1. The Labute approximate surface area is 188 Å². The van der Waals surface area contributed by atoms with Crippen LogP contribution in [0, 0.1) is 5.92 Å². The van der Waals surface area contributed by atoms with E-state index < -0.39 is 5.60 Å². The zero-order valence-corrected chi connectivity index (χ0v) is 19.4. The molecule has 1 aromatic heterocycles. The SMILES string of the molecule is CNc1c2ccccc2nc2cc(OCC3CCN(C(=O)OC(C)(C)C)C3)c(OC)cc12. The van der Waals surface area contributed by atoms with Gasteiger partial charge in [-0.2, -0.15) is 0 Å². The van der Waals surface area contributed by atoms with Crippen LogP contribution in [0.25, 0.3) is 21.8 Å². The van der Waals surface area contributed by atoms with Crippen molar-refractivity contribution in [1.29, 1.82) is 0 Å². The van der Waals surface area contributed by atoms with E-state index in [-0.39, 0.29) is 12.0 Å². The van der Waals surface area contributed by atoms with E-state index >= 15 is 0 Å². The van der Waals surface area contributed by atoms with Gasteiger partial charge < -0.3 is 24.4 Å². The first-order chi connectivity index (χ1) is 15.3. The summed E-state index contributed by atoms with van der Waals surface area (Å²) in [5, 5.41) is 5.35. The predicted octanol–water partition coefficient (Wildman–Crippen LogP) is 5.07. The van der Waals surface area contributed by atoms with E-state index in [4.69, 9.17) is 19.2 Å². The monoisotopic (exact) mass is 437 g/mol. The van der Waals surface area contributed by atoms with Gasteiger partial charge in [-0.3, -0.25) is 0 Å². The Bertz CT molecular complexity index is 1140. The molecular weight excluding hydrogens is 406 g/mol. The lowest BCUT2D eigenvalue weighted by molar-refractivity contribution is 0.0284. The number of anilines is 1. The van der Waals surface area contributed by atoms with Gasteiger partial charge in [-0.15, -0.1) is 0 Å². The number of para-hydroxylation sites is 1. The fraction of sp³-hybridized carbons (Fsp3) is 0.440. The molecule has 0 radical (unpaired) electrons. The highest BCUT2D eigenvalue weighted by Gasteiger charge is 2.30. The highest BCUT2D eigenvalue weighted by Crippen LogP contribution is 2.38. The number of hydrogen-bond acceptors (Lipinski definition) is 6. The maximum absolute atomic E-state index is 12.3. The number of methoxy groups -OCH3 is 1. The third kappa shape index (κ3) is 4.52. The molecule has 3 aromatic rings. The lowest BCUT2D eigenvalue weighted by Crippen LogP contribution is -2.35. The molecule has 2 aromatic carbocycles. The molecule has 0 aliphatic carbocycles. The first-order valence-corrected chi connectivity index (χ1v) is 11.0. The Balaban J connectivity index is 1.53. The summed E-state index contributed by atoms with van der Waals surface area (Å²) in [6.07, 6.45) is 0.612. The Morgan fingerprint density at radius 3 is 2.66 bits per heavy atom. The number of rotatable bonds is 5. The summed E-state index contributed by atoms with van der Waals surface area (Å²) >= 11 is 0. The molecule has 1 amide bonds. The molecule has 1 saturated heterocycles. The Morgan fingerprint density at radius 2 is 1.94 bits per heavy atom. The maximum atomic E-state index is 12.3. The first kappa shape index (κ1) is 22.0. The van der Waals surface area contributed by atoms with E-state index in [1.165, 1.54) is 0 Å². The van der Waals surface area contributed by atoms with E-state index in [1.807, 2.05) is 58.2 Å². The standard InChI is InChI=1S/C25H31N3O4/c1-25(2,3)32-24(29)28-11-10-16(14-28)15-31-22-13-20-18(12-21(22)30-5)23(26-4)17-8-6-7-9-19(17)27-20/h6-9,12-13,16H,10-11,14-15H2,1-5H3,(H,26,27). The summed E-state index contributed by atoms with van der Waals surface area (Å²) in [5.41, 5.74) is 2.28. The fourth-order valence-electron chi connectivity index (χ4n) is 4.11. The van der Waals surface area contributed by atoms with Crippen LogP contribution >= 0.6 is 0 Å². The molecule has 0 saturated carbocycles. The van der Waals surface area contributed by atoms with Crippen molar-refractivity contribution >= 4 is 33.6 Å². The topological polar surface area (TPSA) is 72.9 Å². The van der Waals surface area contributed by atoms with Crippen LogP contribution in [0.3, 0.4) is 0 Å². The molecule has 7 nitrogen and oxygen atoms in total. The van der Waals surface area contributed by atoms with Crippen molar-refractivity contribution < 1.29 is 19.0 Å². The number of nitrogens with zero attached hydrogens (tertiary/aromatic N) is 2. The van der Waals surface area contributed by atoms with E-state index in [0.29, 0.717) is 31.2 Å². The van der Waals surface area contributed by atoms with Crippen LogP contribution in [0.4, 0.5) is 10.5 Å². The number of carbonyl (C=O) groups is 1. The second-order valence-electron chi connectivity index (χ2n) is 9.17. The summed E-state index contributed by atoms with van der Waals surface area (Å²) in [4.78, 5) is 18.9. The van der Waals surface area contributed by atoms with Crippen LogP contribution in [0.5, 0.6) is 11.5 Å². The molecule has 1 unspecified atom stereocenters. The molecule has 1 N–H and O–H groups in total. The Kier molecular flexibility index (Phi) is 6.00. The quantitative estimate of drug-likeness (QED) is 0.562. The molecule has 1 fully saturated rings. The third-order valence-electron chi connectivity index (χ3n) is 5.63. The Morgan fingerprint density at radius 1 is 1.16 bits per heavy atom. The molecule has 1 aliphatic rings. The van der Waals surface area contributed by atoms with Gasteiger partial charge >= 0.3 is 6.09 Å². The minimum atomic E-state index is -0.493. The van der Waals surface area contributed by atoms with Crippen LogP contribution < -0.4 is 14.8 Å². The summed E-state index contributed by atoms with van der Waals surface area (Å²) < 4.78 is 17.3. The van der Waals surface area contributed by atoms with Crippen molar-refractivity contribution in [3.05, 3.63) is 36.4 Å². The van der Waals surface area contributed by atoms with Crippen LogP contribution in [-0.4, -0.2) is 55.4 Å². The molecule has 0 spiro atoms. The lowest BCUT2D eigenvalue weighted by atomic mass is 10.1. The Hall–Kier alpha value is -3.22. The number of likely N-dealkylation sites (tertiary alicyclic amines) is 1. The number of benzene rings is 2. The van der Waals surface area contributed by atoms with E-state index in [9.17, 15) is 4.79 Å². The van der Waals surface area contributed by atoms with Crippen molar-refractivity contribution in [3.63, 3.8) is 0 Å². The smallest absolute Gasteiger partial charge is 0.410 e. The highest BCUT2D eigenvalue weighted by atomic mass is 16.6. The number of pyridine rings is 1. The van der Waals surface area contributed by atoms with Crippen molar-refractivity contribution in [1.82, 2.24) is 9.88 Å². The van der Waals surface area contributed by atoms with Gasteiger partial charge in [0.2, 0.25) is 0 Å². The highest BCUT2D eigenvalue weighted by molar-refractivity contribution is 6.08. The van der Waals surface area contributed by atoms with Gasteiger partial charge in [0.25, 0.3) is 0 Å². The molecular formula is C25H31N3O4. The zero-order valence-electron chi connectivity index (χ0n) is 19.4. The van der Waals surface area contributed by atoms with E-state index in [0.717, 1.165) is 33.9 Å². The molecule has 0 bridgehead atoms. The van der Waals surface area contributed by atoms with Gasteiger partial charge in [0.05, 0.1) is 30.4 Å². The minimum absolute atomic E-state index is 0.236. The largest absolute Gasteiger partial charge is 0.493 e. The minimum Gasteiger partial charge on any atom is -0.493 e. The van der Waals surface area contributed by atoms with Crippen LogP contribution in [0.15, 0.2) is 36.4 Å². The van der Waals surface area contributed by atoms with Gasteiger partial charge in [-0.05, 0) is 39.3 Å². The van der Waals surface area contributed by atoms with Crippen LogP contribution in [-0.2, 0) is 4.74 Å². The normalized spacial score (nSPS) is 16.4. The number of carbonyl (C=O) groups excluding carboxylic acids is 1. The lowest BCUT2D eigenvalue weighted by Gasteiger charge is -2.24. The number of fused-ring (bicyclic) bond motifs is 2. The second-order valence-corrected chi connectivity index (χ2v) is 9.17. The third-order valence-corrected chi connectivity index (χ3v) is 5.63. The van der Waals surface area contributed by atoms with Crippen LogP contribution in [0.2, 0.25) is 0 Å². The number of amides is 1. The van der Waals surface area contributed by atoms with Gasteiger partial charge in [0.1, 0.15) is 5.60 Å².